The van der Waals surface area contributed by atoms with Crippen molar-refractivity contribution in [3.8, 4) is 11.3 Å². The molecule has 0 spiro atoms. The summed E-state index contributed by atoms with van der Waals surface area (Å²) in [6.45, 7) is 2.11. The van der Waals surface area contributed by atoms with E-state index in [0.717, 1.165) is 5.56 Å². The van der Waals surface area contributed by atoms with Crippen molar-refractivity contribution in [2.45, 2.75) is 13.5 Å². The molecule has 0 radical (unpaired) electrons. The van der Waals surface area contributed by atoms with E-state index in [2.05, 4.69) is 25.8 Å². The lowest BCUT2D eigenvalue weighted by molar-refractivity contribution is 0.0949. The number of nitrogens with zero attached hydrogens (tertiary/aromatic N) is 4. The van der Waals surface area contributed by atoms with Crippen LogP contribution >= 0.6 is 0 Å². The molecule has 0 saturated carbocycles. The van der Waals surface area contributed by atoms with Crippen molar-refractivity contribution in [2.24, 2.45) is 5.10 Å². The Bertz CT molecular complexity index is 1310. The molecule has 1 amide bonds. The minimum Gasteiger partial charge on any atom is -0.277 e. The Morgan fingerprint density at radius 3 is 2.67 bits per heavy atom. The maximum Gasteiger partial charge on any atom is 0.292 e. The van der Waals surface area contributed by atoms with Crippen LogP contribution in [0, 0.1) is 5.82 Å². The zero-order valence-corrected chi connectivity index (χ0v) is 16.0. The molecule has 0 unspecified atom stereocenters. The van der Waals surface area contributed by atoms with Crippen molar-refractivity contribution in [2.75, 3.05) is 0 Å². The number of fused-ring (bicyclic) bond motifs is 1. The molecule has 150 valence electrons. The quantitative estimate of drug-likeness (QED) is 0.394. The van der Waals surface area contributed by atoms with Gasteiger partial charge in [0, 0.05) is 23.1 Å². The van der Waals surface area contributed by atoms with Crippen LogP contribution in [0.25, 0.3) is 22.0 Å². The Balaban J connectivity index is 1.60. The smallest absolute Gasteiger partial charge is 0.277 e. The summed E-state index contributed by atoms with van der Waals surface area (Å²) in [5, 5.41) is 15.8. The number of nitrogens with one attached hydrogen (secondary N) is 2. The highest BCUT2D eigenvalue weighted by Gasteiger charge is 2.16. The van der Waals surface area contributed by atoms with Crippen LogP contribution in [0.5, 0.6) is 0 Å². The lowest BCUT2D eigenvalue weighted by Crippen LogP contribution is -2.28. The number of halogens is 1. The van der Waals surface area contributed by atoms with E-state index in [-0.39, 0.29) is 17.1 Å². The lowest BCUT2D eigenvalue weighted by atomic mass is 10.1. The zero-order chi connectivity index (χ0) is 21.1. The van der Waals surface area contributed by atoms with Crippen molar-refractivity contribution in [1.82, 2.24) is 25.4 Å². The lowest BCUT2D eigenvalue weighted by Gasteiger charge is -2.08. The predicted octanol–water partition coefficient (Wildman–Crippen LogP) is 2.71. The Morgan fingerprint density at radius 1 is 1.20 bits per heavy atom. The van der Waals surface area contributed by atoms with Crippen molar-refractivity contribution in [3.63, 3.8) is 0 Å². The molecule has 2 aromatic heterocycles. The molecule has 0 aliphatic rings. The van der Waals surface area contributed by atoms with Gasteiger partial charge >= 0.3 is 0 Å². The first kappa shape index (κ1) is 19.2. The Hall–Kier alpha value is -4.14. The van der Waals surface area contributed by atoms with Gasteiger partial charge in [-0.3, -0.25) is 14.7 Å². The summed E-state index contributed by atoms with van der Waals surface area (Å²) in [6.07, 6.45) is 2.97. The SMILES string of the molecule is CCn1nc(C(=O)N/N=C/c2cn[nH]c2-c2ccc(F)cc2)c2ccccc2c1=O. The van der Waals surface area contributed by atoms with Gasteiger partial charge in [0.05, 0.1) is 23.5 Å². The third kappa shape index (κ3) is 3.60. The van der Waals surface area contributed by atoms with E-state index in [1.54, 1.807) is 49.5 Å². The summed E-state index contributed by atoms with van der Waals surface area (Å²) in [7, 11) is 0. The molecule has 9 heteroatoms. The van der Waals surface area contributed by atoms with E-state index in [0.29, 0.717) is 28.6 Å². The molecule has 0 fully saturated rings. The van der Waals surface area contributed by atoms with Crippen molar-refractivity contribution < 1.29 is 9.18 Å². The minimum absolute atomic E-state index is 0.107. The second kappa shape index (κ2) is 8.08. The van der Waals surface area contributed by atoms with Crippen LogP contribution < -0.4 is 11.0 Å². The van der Waals surface area contributed by atoms with Crippen LogP contribution in [0.4, 0.5) is 4.39 Å². The van der Waals surface area contributed by atoms with Gasteiger partial charge in [0.2, 0.25) is 0 Å². The monoisotopic (exact) mass is 404 g/mol. The van der Waals surface area contributed by atoms with Crippen LogP contribution in [0.1, 0.15) is 23.0 Å². The second-order valence-corrected chi connectivity index (χ2v) is 6.42. The van der Waals surface area contributed by atoms with Gasteiger partial charge in [-0.2, -0.15) is 15.3 Å². The van der Waals surface area contributed by atoms with E-state index >= 15 is 0 Å². The predicted molar refractivity (Wildman–Crippen MR) is 111 cm³/mol. The third-order valence-electron chi connectivity index (χ3n) is 4.55. The largest absolute Gasteiger partial charge is 0.292 e. The van der Waals surface area contributed by atoms with Gasteiger partial charge in [-0.05, 0) is 37.3 Å². The molecule has 2 N–H and O–H groups in total. The Morgan fingerprint density at radius 2 is 1.93 bits per heavy atom. The number of rotatable bonds is 5. The molecular formula is C21H17FN6O2. The summed E-state index contributed by atoms with van der Waals surface area (Å²) in [5.74, 6) is -0.884. The molecule has 8 nitrogen and oxygen atoms in total. The van der Waals surface area contributed by atoms with E-state index in [1.165, 1.54) is 23.0 Å². The standard InChI is InChI=1S/C21H17FN6O2/c1-2-28-21(30)17-6-4-3-5-16(17)19(27-28)20(29)26-24-12-14-11-23-25-18(14)13-7-9-15(22)10-8-13/h3-12H,2H2,1H3,(H,23,25)(H,26,29)/b24-12+. The fraction of sp³-hybridized carbons (Fsp3) is 0.0952. The molecule has 0 aliphatic heterocycles. The molecule has 4 aromatic rings. The van der Waals surface area contributed by atoms with Gasteiger partial charge in [-0.25, -0.2) is 14.5 Å². The molecule has 0 saturated heterocycles. The fourth-order valence-corrected chi connectivity index (χ4v) is 3.07. The molecule has 2 heterocycles. The zero-order valence-electron chi connectivity index (χ0n) is 16.0. The molecule has 0 aliphatic carbocycles. The fourth-order valence-electron chi connectivity index (χ4n) is 3.07. The summed E-state index contributed by atoms with van der Waals surface area (Å²) in [5.41, 5.74) is 4.26. The number of aromatic nitrogens is 4. The van der Waals surface area contributed by atoms with Crippen molar-refractivity contribution in [3.05, 3.63) is 82.2 Å². The number of carbonyl (C=O) groups excluding carboxylic acids is 1. The average Bonchev–Trinajstić information content (AvgIpc) is 3.23. The average molecular weight is 404 g/mol. The van der Waals surface area contributed by atoms with E-state index in [4.69, 9.17) is 0 Å². The number of amides is 1. The third-order valence-corrected chi connectivity index (χ3v) is 4.55. The van der Waals surface area contributed by atoms with Gasteiger partial charge < -0.3 is 0 Å². The maximum absolute atomic E-state index is 13.1. The summed E-state index contributed by atoms with van der Waals surface area (Å²) in [6, 6.07) is 12.7. The number of benzene rings is 2. The van der Waals surface area contributed by atoms with Gasteiger partial charge in [0.15, 0.2) is 5.69 Å². The first-order valence-electron chi connectivity index (χ1n) is 9.21. The Labute approximate surface area is 170 Å². The Kier molecular flexibility index (Phi) is 5.17. The van der Waals surface area contributed by atoms with Gasteiger partial charge in [0.1, 0.15) is 5.82 Å². The van der Waals surface area contributed by atoms with E-state index < -0.39 is 5.91 Å². The van der Waals surface area contributed by atoms with Crippen LogP contribution in [-0.4, -0.2) is 32.1 Å². The van der Waals surface area contributed by atoms with Crippen LogP contribution in [0.2, 0.25) is 0 Å². The van der Waals surface area contributed by atoms with E-state index in [9.17, 15) is 14.0 Å². The highest BCUT2D eigenvalue weighted by atomic mass is 19.1. The number of aryl methyl sites for hydroxylation is 1. The minimum atomic E-state index is -0.545. The van der Waals surface area contributed by atoms with Crippen LogP contribution in [0.15, 0.2) is 64.6 Å². The summed E-state index contributed by atoms with van der Waals surface area (Å²) >= 11 is 0. The summed E-state index contributed by atoms with van der Waals surface area (Å²) in [4.78, 5) is 25.1. The normalized spacial score (nSPS) is 11.3. The molecule has 4 rings (SSSR count). The van der Waals surface area contributed by atoms with Gasteiger partial charge in [-0.1, -0.05) is 18.2 Å². The highest BCUT2D eigenvalue weighted by molar-refractivity contribution is 6.05. The number of hydrazone groups is 1. The van der Waals surface area contributed by atoms with Crippen molar-refractivity contribution in [1.29, 1.82) is 0 Å². The molecule has 2 aromatic carbocycles. The number of hydrogen-bond donors (Lipinski definition) is 2. The second-order valence-electron chi connectivity index (χ2n) is 6.42. The van der Waals surface area contributed by atoms with Gasteiger partial charge in [0.25, 0.3) is 11.5 Å². The van der Waals surface area contributed by atoms with Crippen LogP contribution in [0.3, 0.4) is 0 Å². The number of aromatic amines is 1. The maximum atomic E-state index is 13.1. The first-order chi connectivity index (χ1) is 14.6. The number of carbonyl (C=O) groups is 1. The van der Waals surface area contributed by atoms with Crippen LogP contribution in [-0.2, 0) is 6.54 Å². The van der Waals surface area contributed by atoms with E-state index in [1.807, 2.05) is 0 Å². The molecular weight excluding hydrogens is 387 g/mol. The van der Waals surface area contributed by atoms with Gasteiger partial charge in [-0.15, -0.1) is 0 Å². The molecule has 30 heavy (non-hydrogen) atoms. The molecule has 0 atom stereocenters. The number of H-pyrrole nitrogens is 1. The van der Waals surface area contributed by atoms with Crippen molar-refractivity contribution >= 4 is 22.9 Å². The first-order valence-corrected chi connectivity index (χ1v) is 9.21. The highest BCUT2D eigenvalue weighted by Crippen LogP contribution is 2.20. The topological polar surface area (TPSA) is 105 Å². The molecule has 0 bridgehead atoms. The number of hydrogen-bond acceptors (Lipinski definition) is 5. The summed E-state index contributed by atoms with van der Waals surface area (Å²) < 4.78 is 14.4.